The molecule has 0 amide bonds. The maximum absolute atomic E-state index is 9.95. The summed E-state index contributed by atoms with van der Waals surface area (Å²) in [4.78, 5) is 1.15. The summed E-state index contributed by atoms with van der Waals surface area (Å²) in [7, 11) is 0. The van der Waals surface area contributed by atoms with Crippen LogP contribution in [-0.2, 0) is 0 Å². The molecule has 3 N–H and O–H groups in total. The van der Waals surface area contributed by atoms with Crippen LogP contribution in [0.3, 0.4) is 0 Å². The third-order valence-corrected chi connectivity index (χ3v) is 4.83. The Morgan fingerprint density at radius 2 is 2.06 bits per heavy atom. The Kier molecular flexibility index (Phi) is 3.77. The van der Waals surface area contributed by atoms with Gasteiger partial charge in [0, 0.05) is 15.8 Å². The number of anilines is 1. The Labute approximate surface area is 101 Å². The summed E-state index contributed by atoms with van der Waals surface area (Å²) in [5.41, 5.74) is 8.03. The number of aliphatic hydroxyl groups excluding tert-OH is 1. The standard InChI is InChI=1S/C13H19NOS/c1-9-5-4-6-10(14)13(9)16-12-8-3-2-7-11(12)15/h4-6,11-12,15H,2-3,7-8,14H2,1H3/t11-,12-/m0/s1. The van der Waals surface area contributed by atoms with E-state index in [1.807, 2.05) is 12.1 Å². The molecular formula is C13H19NOS. The van der Waals surface area contributed by atoms with Gasteiger partial charge in [0.25, 0.3) is 0 Å². The van der Waals surface area contributed by atoms with E-state index in [4.69, 9.17) is 5.73 Å². The molecule has 2 rings (SSSR count). The maximum Gasteiger partial charge on any atom is 0.0662 e. The molecule has 1 fully saturated rings. The van der Waals surface area contributed by atoms with Crippen molar-refractivity contribution in [3.8, 4) is 0 Å². The fraction of sp³-hybridized carbons (Fsp3) is 0.538. The number of nitrogen functional groups attached to an aromatic ring is 1. The van der Waals surface area contributed by atoms with E-state index < -0.39 is 0 Å². The zero-order valence-electron chi connectivity index (χ0n) is 9.65. The van der Waals surface area contributed by atoms with Gasteiger partial charge in [-0.2, -0.15) is 0 Å². The first-order valence-corrected chi connectivity index (χ1v) is 6.76. The van der Waals surface area contributed by atoms with Gasteiger partial charge in [-0.15, -0.1) is 11.8 Å². The van der Waals surface area contributed by atoms with Crippen molar-refractivity contribution >= 4 is 17.4 Å². The van der Waals surface area contributed by atoms with E-state index in [0.717, 1.165) is 29.8 Å². The lowest BCUT2D eigenvalue weighted by Gasteiger charge is -2.27. The highest BCUT2D eigenvalue weighted by molar-refractivity contribution is 8.00. The molecule has 3 heteroatoms. The minimum absolute atomic E-state index is 0.169. The van der Waals surface area contributed by atoms with Gasteiger partial charge in [-0.05, 0) is 31.4 Å². The zero-order chi connectivity index (χ0) is 11.5. The molecule has 1 aromatic rings. The molecule has 0 aromatic heterocycles. The van der Waals surface area contributed by atoms with Crippen LogP contribution in [0, 0.1) is 6.92 Å². The van der Waals surface area contributed by atoms with Crippen LogP contribution in [0.4, 0.5) is 5.69 Å². The second-order valence-corrected chi connectivity index (χ2v) is 5.75. The zero-order valence-corrected chi connectivity index (χ0v) is 10.5. The summed E-state index contributed by atoms with van der Waals surface area (Å²) in [6, 6.07) is 5.99. The number of aryl methyl sites for hydroxylation is 1. The SMILES string of the molecule is Cc1cccc(N)c1S[C@H]1CCCC[C@@H]1O. The Balaban J connectivity index is 2.13. The molecule has 1 aliphatic rings. The third-order valence-electron chi connectivity index (χ3n) is 3.18. The Morgan fingerprint density at radius 1 is 1.31 bits per heavy atom. The van der Waals surface area contributed by atoms with E-state index in [2.05, 4.69) is 13.0 Å². The molecule has 1 aliphatic carbocycles. The molecule has 2 nitrogen and oxygen atoms in total. The van der Waals surface area contributed by atoms with Crippen LogP contribution in [-0.4, -0.2) is 16.5 Å². The Bertz CT molecular complexity index is 347. The topological polar surface area (TPSA) is 46.2 Å². The minimum Gasteiger partial charge on any atom is -0.398 e. The van der Waals surface area contributed by atoms with Gasteiger partial charge in [-0.3, -0.25) is 0 Å². The van der Waals surface area contributed by atoms with E-state index in [1.54, 1.807) is 11.8 Å². The number of nitrogens with two attached hydrogens (primary N) is 1. The first-order chi connectivity index (χ1) is 7.68. The Hall–Kier alpha value is -0.670. The minimum atomic E-state index is -0.169. The molecule has 2 atom stereocenters. The predicted octanol–water partition coefficient (Wildman–Crippen LogP) is 2.97. The lowest BCUT2D eigenvalue weighted by atomic mass is 9.97. The van der Waals surface area contributed by atoms with Gasteiger partial charge >= 0.3 is 0 Å². The second kappa shape index (κ2) is 5.11. The van der Waals surface area contributed by atoms with Gasteiger partial charge in [0.05, 0.1) is 6.10 Å². The van der Waals surface area contributed by atoms with Gasteiger partial charge in [0.2, 0.25) is 0 Å². The summed E-state index contributed by atoms with van der Waals surface area (Å²) in [6.07, 6.45) is 4.24. The maximum atomic E-state index is 9.95. The smallest absolute Gasteiger partial charge is 0.0662 e. The van der Waals surface area contributed by atoms with Crippen molar-refractivity contribution in [2.24, 2.45) is 0 Å². The van der Waals surface area contributed by atoms with Crippen LogP contribution < -0.4 is 5.73 Å². The highest BCUT2D eigenvalue weighted by atomic mass is 32.2. The van der Waals surface area contributed by atoms with E-state index in [1.165, 1.54) is 12.0 Å². The average molecular weight is 237 g/mol. The monoisotopic (exact) mass is 237 g/mol. The van der Waals surface area contributed by atoms with Crippen LogP contribution in [0.5, 0.6) is 0 Å². The van der Waals surface area contributed by atoms with Gasteiger partial charge in [-0.1, -0.05) is 25.0 Å². The van der Waals surface area contributed by atoms with Gasteiger partial charge in [-0.25, -0.2) is 0 Å². The van der Waals surface area contributed by atoms with Gasteiger partial charge < -0.3 is 10.8 Å². The molecule has 88 valence electrons. The molecule has 0 bridgehead atoms. The summed E-state index contributed by atoms with van der Waals surface area (Å²) in [5.74, 6) is 0. The largest absolute Gasteiger partial charge is 0.398 e. The molecule has 0 heterocycles. The number of aliphatic hydroxyl groups is 1. The lowest BCUT2D eigenvalue weighted by Crippen LogP contribution is -2.26. The summed E-state index contributed by atoms with van der Waals surface area (Å²) >= 11 is 1.75. The predicted molar refractivity (Wildman–Crippen MR) is 69.7 cm³/mol. The van der Waals surface area contributed by atoms with Crippen LogP contribution in [0.2, 0.25) is 0 Å². The third kappa shape index (κ3) is 2.53. The molecule has 1 aromatic carbocycles. The quantitative estimate of drug-likeness (QED) is 0.777. The van der Waals surface area contributed by atoms with E-state index in [0.29, 0.717) is 5.25 Å². The fourth-order valence-electron chi connectivity index (χ4n) is 2.20. The molecule has 0 saturated heterocycles. The molecule has 16 heavy (non-hydrogen) atoms. The van der Waals surface area contributed by atoms with E-state index in [-0.39, 0.29) is 6.10 Å². The van der Waals surface area contributed by atoms with Crippen molar-refractivity contribution < 1.29 is 5.11 Å². The first kappa shape index (κ1) is 11.8. The number of benzene rings is 1. The van der Waals surface area contributed by atoms with Gasteiger partial charge in [0.15, 0.2) is 0 Å². The van der Waals surface area contributed by atoms with E-state index in [9.17, 15) is 5.11 Å². The van der Waals surface area contributed by atoms with Crippen molar-refractivity contribution in [2.75, 3.05) is 5.73 Å². The highest BCUT2D eigenvalue weighted by Crippen LogP contribution is 2.38. The lowest BCUT2D eigenvalue weighted by molar-refractivity contribution is 0.137. The summed E-state index contributed by atoms with van der Waals surface area (Å²) < 4.78 is 0. The first-order valence-electron chi connectivity index (χ1n) is 5.88. The molecule has 0 unspecified atom stereocenters. The molecule has 1 saturated carbocycles. The number of thioether (sulfide) groups is 1. The Morgan fingerprint density at radius 3 is 2.75 bits per heavy atom. The molecule has 0 radical (unpaired) electrons. The van der Waals surface area contributed by atoms with Crippen molar-refractivity contribution in [1.82, 2.24) is 0 Å². The van der Waals surface area contributed by atoms with Crippen molar-refractivity contribution in [3.63, 3.8) is 0 Å². The molecular weight excluding hydrogens is 218 g/mol. The average Bonchev–Trinajstić information content (AvgIpc) is 2.26. The molecule has 0 spiro atoms. The van der Waals surface area contributed by atoms with Crippen LogP contribution >= 0.6 is 11.8 Å². The number of hydrogen-bond acceptors (Lipinski definition) is 3. The molecule has 0 aliphatic heterocycles. The van der Waals surface area contributed by atoms with Crippen LogP contribution in [0.25, 0.3) is 0 Å². The van der Waals surface area contributed by atoms with Crippen LogP contribution in [0.15, 0.2) is 23.1 Å². The van der Waals surface area contributed by atoms with Crippen LogP contribution in [0.1, 0.15) is 31.2 Å². The second-order valence-electron chi connectivity index (χ2n) is 4.50. The van der Waals surface area contributed by atoms with Crippen molar-refractivity contribution in [3.05, 3.63) is 23.8 Å². The van der Waals surface area contributed by atoms with E-state index >= 15 is 0 Å². The fourth-order valence-corrected chi connectivity index (χ4v) is 3.54. The van der Waals surface area contributed by atoms with Crippen molar-refractivity contribution in [2.45, 2.75) is 48.9 Å². The summed E-state index contributed by atoms with van der Waals surface area (Å²) in [5, 5.41) is 10.3. The highest BCUT2D eigenvalue weighted by Gasteiger charge is 2.24. The number of rotatable bonds is 2. The normalized spacial score (nSPS) is 25.6. The number of hydrogen-bond donors (Lipinski definition) is 2. The summed E-state index contributed by atoms with van der Waals surface area (Å²) in [6.45, 7) is 2.08. The van der Waals surface area contributed by atoms with Crippen molar-refractivity contribution in [1.29, 1.82) is 0 Å². The van der Waals surface area contributed by atoms with Gasteiger partial charge in [0.1, 0.15) is 0 Å².